The van der Waals surface area contributed by atoms with Gasteiger partial charge in [0.1, 0.15) is 11.5 Å². The number of carboxylic acid groups (broad SMARTS) is 1. The largest absolute Gasteiger partial charge is 0.548 e. The van der Waals surface area contributed by atoms with Gasteiger partial charge in [0, 0.05) is 6.07 Å². The zero-order valence-electron chi connectivity index (χ0n) is 10.9. The summed E-state index contributed by atoms with van der Waals surface area (Å²) in [5.41, 5.74) is 0.366. The number of aliphatic carboxylic acids is 1. The molecule has 0 bridgehead atoms. The zero-order chi connectivity index (χ0) is 14.4. The first-order valence-electron chi connectivity index (χ1n) is 5.48. The van der Waals surface area contributed by atoms with Crippen molar-refractivity contribution in [3.8, 4) is 11.5 Å². The number of rotatable bonds is 5. The van der Waals surface area contributed by atoms with E-state index >= 15 is 0 Å². The highest BCUT2D eigenvalue weighted by Crippen LogP contribution is 2.28. The summed E-state index contributed by atoms with van der Waals surface area (Å²) in [7, 11) is 2.94. The first-order valence-corrected chi connectivity index (χ1v) is 5.48. The summed E-state index contributed by atoms with van der Waals surface area (Å²) in [4.78, 5) is 22.1. The third kappa shape index (κ3) is 4.06. The number of urea groups is 1. The van der Waals surface area contributed by atoms with Crippen LogP contribution in [0.4, 0.5) is 10.5 Å². The summed E-state index contributed by atoms with van der Waals surface area (Å²) in [5.74, 6) is -0.408. The molecule has 0 fully saturated rings. The maximum absolute atomic E-state index is 11.6. The average molecular weight is 267 g/mol. The van der Waals surface area contributed by atoms with Gasteiger partial charge < -0.3 is 30.0 Å². The van der Waals surface area contributed by atoms with Gasteiger partial charge in [-0.05, 0) is 19.1 Å². The molecule has 2 N–H and O–H groups in total. The number of nitrogens with one attached hydrogen (secondary N) is 2. The molecule has 19 heavy (non-hydrogen) atoms. The van der Waals surface area contributed by atoms with E-state index in [1.54, 1.807) is 18.2 Å². The molecule has 1 aromatic rings. The number of carbonyl (C=O) groups is 2. The lowest BCUT2D eigenvalue weighted by Crippen LogP contribution is -2.47. The molecule has 0 aromatic heterocycles. The molecule has 104 valence electrons. The summed E-state index contributed by atoms with van der Waals surface area (Å²) < 4.78 is 10.1. The molecule has 1 rings (SSSR count). The van der Waals surface area contributed by atoms with Gasteiger partial charge in [-0.2, -0.15) is 0 Å². The standard InChI is InChI=1S/C12H16N2O5/c1-7(11(15)16)13-12(17)14-9-6-8(18-2)4-5-10(9)19-3/h4-7H,1-3H3,(H,15,16)(H2,13,14,17)/p-1/t7-/m0/s1. The third-order valence-electron chi connectivity index (χ3n) is 2.36. The minimum absolute atomic E-state index is 0.366. The van der Waals surface area contributed by atoms with E-state index in [-0.39, 0.29) is 0 Å². The molecule has 0 aliphatic rings. The Morgan fingerprint density at radius 3 is 2.47 bits per heavy atom. The number of hydrogen-bond acceptors (Lipinski definition) is 5. The van der Waals surface area contributed by atoms with Crippen molar-refractivity contribution < 1.29 is 24.2 Å². The molecular formula is C12H15N2O5-. The van der Waals surface area contributed by atoms with Crippen molar-refractivity contribution >= 4 is 17.7 Å². The number of benzene rings is 1. The Labute approximate surface area is 110 Å². The Hall–Kier alpha value is -2.44. The fraction of sp³-hybridized carbons (Fsp3) is 0.333. The van der Waals surface area contributed by atoms with Crippen molar-refractivity contribution in [2.45, 2.75) is 13.0 Å². The minimum atomic E-state index is -1.37. The van der Waals surface area contributed by atoms with Crippen LogP contribution in [0.15, 0.2) is 18.2 Å². The van der Waals surface area contributed by atoms with E-state index in [4.69, 9.17) is 9.47 Å². The third-order valence-corrected chi connectivity index (χ3v) is 2.36. The molecule has 2 amide bonds. The van der Waals surface area contributed by atoms with E-state index in [1.165, 1.54) is 21.1 Å². The molecule has 1 aromatic carbocycles. The molecule has 0 saturated carbocycles. The van der Waals surface area contributed by atoms with Crippen LogP contribution in [-0.4, -0.2) is 32.3 Å². The van der Waals surface area contributed by atoms with Crippen LogP contribution in [0.2, 0.25) is 0 Å². The van der Waals surface area contributed by atoms with Gasteiger partial charge in [0.05, 0.1) is 31.9 Å². The van der Waals surface area contributed by atoms with Gasteiger partial charge in [0.25, 0.3) is 0 Å². The summed E-state index contributed by atoms with van der Waals surface area (Å²) in [5, 5.41) is 15.2. The quantitative estimate of drug-likeness (QED) is 0.780. The summed E-state index contributed by atoms with van der Waals surface area (Å²) in [6, 6.07) is 3.07. The second-order valence-electron chi connectivity index (χ2n) is 3.71. The van der Waals surface area contributed by atoms with Crippen molar-refractivity contribution in [1.82, 2.24) is 5.32 Å². The maximum atomic E-state index is 11.6. The molecule has 7 nitrogen and oxygen atoms in total. The molecule has 0 spiro atoms. The summed E-state index contributed by atoms with van der Waals surface area (Å²) in [6.45, 7) is 1.30. The Morgan fingerprint density at radius 2 is 1.95 bits per heavy atom. The van der Waals surface area contributed by atoms with E-state index in [1.807, 2.05) is 0 Å². The highest BCUT2D eigenvalue weighted by Gasteiger charge is 2.11. The SMILES string of the molecule is COc1ccc(OC)c(NC(=O)N[C@@H](C)C(=O)[O-])c1. The van der Waals surface area contributed by atoms with E-state index in [2.05, 4.69) is 10.6 Å². The normalized spacial score (nSPS) is 11.3. The summed E-state index contributed by atoms with van der Waals surface area (Å²) in [6.07, 6.45) is 0. The summed E-state index contributed by atoms with van der Waals surface area (Å²) >= 11 is 0. The predicted molar refractivity (Wildman–Crippen MR) is 66.2 cm³/mol. The predicted octanol–water partition coefficient (Wildman–Crippen LogP) is -0.0363. The molecule has 0 aliphatic heterocycles. The van der Waals surface area contributed by atoms with Gasteiger partial charge >= 0.3 is 6.03 Å². The fourth-order valence-electron chi connectivity index (χ4n) is 1.33. The molecular weight excluding hydrogens is 252 g/mol. The fourth-order valence-corrected chi connectivity index (χ4v) is 1.33. The topological polar surface area (TPSA) is 99.7 Å². The second kappa shape index (κ2) is 6.48. The van der Waals surface area contributed by atoms with Crippen molar-refractivity contribution in [3.63, 3.8) is 0 Å². The number of carbonyl (C=O) groups excluding carboxylic acids is 2. The highest BCUT2D eigenvalue weighted by atomic mass is 16.5. The van der Waals surface area contributed by atoms with Gasteiger partial charge in [-0.1, -0.05) is 0 Å². The Bertz CT molecular complexity index is 475. The van der Waals surface area contributed by atoms with Crippen molar-refractivity contribution in [1.29, 1.82) is 0 Å². The van der Waals surface area contributed by atoms with E-state index < -0.39 is 18.0 Å². The molecule has 0 aliphatic carbocycles. The van der Waals surface area contributed by atoms with Crippen LogP contribution in [0.25, 0.3) is 0 Å². The maximum Gasteiger partial charge on any atom is 0.319 e. The first kappa shape index (κ1) is 14.6. The van der Waals surface area contributed by atoms with E-state index in [9.17, 15) is 14.7 Å². The van der Waals surface area contributed by atoms with Crippen LogP contribution >= 0.6 is 0 Å². The van der Waals surface area contributed by atoms with Gasteiger partial charge in [-0.25, -0.2) is 4.79 Å². The smallest absolute Gasteiger partial charge is 0.319 e. The van der Waals surface area contributed by atoms with Gasteiger partial charge in [0.15, 0.2) is 0 Å². The van der Waals surface area contributed by atoms with Crippen LogP contribution < -0.4 is 25.2 Å². The number of amides is 2. The number of anilines is 1. The first-order chi connectivity index (χ1) is 8.97. The number of hydrogen-bond donors (Lipinski definition) is 2. The van der Waals surface area contributed by atoms with E-state index in [0.29, 0.717) is 17.2 Å². The highest BCUT2D eigenvalue weighted by molar-refractivity contribution is 5.93. The lowest BCUT2D eigenvalue weighted by molar-refractivity contribution is -0.307. The number of ether oxygens (including phenoxy) is 2. The molecule has 0 radical (unpaired) electrons. The molecule has 0 saturated heterocycles. The van der Waals surface area contributed by atoms with Crippen LogP contribution in [-0.2, 0) is 4.79 Å². The zero-order valence-corrected chi connectivity index (χ0v) is 10.9. The number of methoxy groups -OCH3 is 2. The van der Waals surface area contributed by atoms with Crippen molar-refractivity contribution in [2.24, 2.45) is 0 Å². The van der Waals surface area contributed by atoms with Gasteiger partial charge in [-0.15, -0.1) is 0 Å². The molecule has 7 heteroatoms. The van der Waals surface area contributed by atoms with Crippen LogP contribution in [0.1, 0.15) is 6.92 Å². The molecule has 1 atom stereocenters. The Morgan fingerprint density at radius 1 is 1.26 bits per heavy atom. The molecule has 0 unspecified atom stereocenters. The van der Waals surface area contributed by atoms with Crippen LogP contribution in [0.3, 0.4) is 0 Å². The lowest BCUT2D eigenvalue weighted by Gasteiger charge is -2.16. The van der Waals surface area contributed by atoms with Crippen LogP contribution in [0, 0.1) is 0 Å². The Kier molecular flexibility index (Phi) is 4.99. The number of carboxylic acids is 1. The van der Waals surface area contributed by atoms with Crippen molar-refractivity contribution in [3.05, 3.63) is 18.2 Å². The van der Waals surface area contributed by atoms with Gasteiger partial charge in [0.2, 0.25) is 0 Å². The second-order valence-corrected chi connectivity index (χ2v) is 3.71. The van der Waals surface area contributed by atoms with E-state index in [0.717, 1.165) is 0 Å². The lowest BCUT2D eigenvalue weighted by atomic mass is 10.2. The monoisotopic (exact) mass is 267 g/mol. The average Bonchev–Trinajstić information content (AvgIpc) is 2.38. The Balaban J connectivity index is 2.80. The van der Waals surface area contributed by atoms with Crippen LogP contribution in [0.5, 0.6) is 11.5 Å². The van der Waals surface area contributed by atoms with Crippen molar-refractivity contribution in [2.75, 3.05) is 19.5 Å². The molecule has 0 heterocycles. The van der Waals surface area contributed by atoms with Gasteiger partial charge in [-0.3, -0.25) is 0 Å². The minimum Gasteiger partial charge on any atom is -0.548 e.